The first-order valence-corrected chi connectivity index (χ1v) is 5.20. The zero-order valence-corrected chi connectivity index (χ0v) is 8.48. The first kappa shape index (κ1) is 9.52. The number of hydrogen-bond donors (Lipinski definition) is 2. The highest BCUT2D eigenvalue weighted by Crippen LogP contribution is 2.49. The number of nitrogens with two attached hydrogens (primary N) is 1. The molecule has 78 valence electrons. The average molecular weight is 195 g/mol. The molecule has 1 aliphatic carbocycles. The van der Waals surface area contributed by atoms with Crippen molar-refractivity contribution in [2.75, 3.05) is 12.3 Å². The number of nitrogen functional groups attached to an aromatic ring is 1. The van der Waals surface area contributed by atoms with Gasteiger partial charge in [-0.05, 0) is 12.3 Å². The van der Waals surface area contributed by atoms with Gasteiger partial charge < -0.3 is 10.8 Å². The van der Waals surface area contributed by atoms with E-state index in [1.54, 1.807) is 4.68 Å². The lowest BCUT2D eigenvalue weighted by Crippen LogP contribution is -2.07. The van der Waals surface area contributed by atoms with Crippen molar-refractivity contribution in [1.82, 2.24) is 9.78 Å². The number of aliphatic hydroxyl groups is 1. The third-order valence-corrected chi connectivity index (χ3v) is 2.97. The van der Waals surface area contributed by atoms with E-state index < -0.39 is 0 Å². The number of hydrogen-bond acceptors (Lipinski definition) is 3. The van der Waals surface area contributed by atoms with Crippen molar-refractivity contribution < 1.29 is 5.11 Å². The van der Waals surface area contributed by atoms with Gasteiger partial charge in [0.1, 0.15) is 5.82 Å². The van der Waals surface area contributed by atoms with Crippen LogP contribution in [0.5, 0.6) is 0 Å². The van der Waals surface area contributed by atoms with Crippen molar-refractivity contribution in [3.8, 4) is 0 Å². The molecule has 0 amide bonds. The Bertz CT molecular complexity index is 321. The van der Waals surface area contributed by atoms with Crippen LogP contribution in [0.15, 0.2) is 6.07 Å². The Morgan fingerprint density at radius 2 is 2.50 bits per heavy atom. The van der Waals surface area contributed by atoms with Gasteiger partial charge in [-0.25, -0.2) is 4.68 Å². The third kappa shape index (κ3) is 1.62. The highest BCUT2D eigenvalue weighted by atomic mass is 16.3. The molecule has 3 N–H and O–H groups in total. The zero-order chi connectivity index (χ0) is 10.1. The minimum absolute atomic E-state index is 0.0905. The second kappa shape index (κ2) is 3.61. The Balaban J connectivity index is 2.09. The molecule has 0 bridgehead atoms. The molecule has 0 unspecified atom stereocenters. The Labute approximate surface area is 83.7 Å². The molecule has 1 heterocycles. The molecule has 1 aromatic rings. The van der Waals surface area contributed by atoms with Gasteiger partial charge >= 0.3 is 0 Å². The number of rotatable bonds is 4. The van der Waals surface area contributed by atoms with Crippen molar-refractivity contribution in [2.24, 2.45) is 5.92 Å². The van der Waals surface area contributed by atoms with Crippen LogP contribution < -0.4 is 5.73 Å². The summed E-state index contributed by atoms with van der Waals surface area (Å²) < 4.78 is 1.68. The van der Waals surface area contributed by atoms with E-state index >= 15 is 0 Å². The minimum atomic E-state index is 0.0905. The van der Waals surface area contributed by atoms with E-state index in [1.165, 1.54) is 12.8 Å². The Morgan fingerprint density at radius 3 is 3.07 bits per heavy atom. The monoisotopic (exact) mass is 195 g/mol. The summed E-state index contributed by atoms with van der Waals surface area (Å²) in [7, 11) is 0. The van der Waals surface area contributed by atoms with Crippen molar-refractivity contribution in [1.29, 1.82) is 0 Å². The van der Waals surface area contributed by atoms with Crippen LogP contribution in [0, 0.1) is 5.92 Å². The highest BCUT2D eigenvalue weighted by molar-refractivity contribution is 5.34. The molecule has 1 aromatic heterocycles. The number of aromatic nitrogens is 2. The Morgan fingerprint density at radius 1 is 1.71 bits per heavy atom. The van der Waals surface area contributed by atoms with Crippen LogP contribution in [0.25, 0.3) is 0 Å². The highest BCUT2D eigenvalue weighted by Gasteiger charge is 2.38. The molecule has 1 saturated carbocycles. The molecule has 0 radical (unpaired) electrons. The van der Waals surface area contributed by atoms with Crippen molar-refractivity contribution >= 4 is 5.82 Å². The van der Waals surface area contributed by atoms with Gasteiger partial charge in [-0.15, -0.1) is 0 Å². The van der Waals surface area contributed by atoms with E-state index in [9.17, 15) is 0 Å². The predicted octanol–water partition coefficient (Wildman–Crippen LogP) is 0.971. The molecule has 0 saturated heterocycles. The minimum Gasteiger partial charge on any atom is -0.394 e. The molecule has 14 heavy (non-hydrogen) atoms. The molecule has 2 rings (SSSR count). The van der Waals surface area contributed by atoms with Gasteiger partial charge in [-0.3, -0.25) is 0 Å². The summed E-state index contributed by atoms with van der Waals surface area (Å²) in [6.45, 7) is 2.79. The van der Waals surface area contributed by atoms with E-state index in [0.717, 1.165) is 11.6 Å². The number of anilines is 1. The smallest absolute Gasteiger partial charge is 0.122 e. The van der Waals surface area contributed by atoms with E-state index in [-0.39, 0.29) is 6.61 Å². The largest absolute Gasteiger partial charge is 0.394 e. The summed E-state index contributed by atoms with van der Waals surface area (Å²) in [6.07, 6.45) is 2.46. The molecule has 1 aliphatic rings. The lowest BCUT2D eigenvalue weighted by atomic mass is 10.2. The van der Waals surface area contributed by atoms with Gasteiger partial charge in [-0.2, -0.15) is 5.10 Å². The standard InChI is InChI=1S/C10H17N3O/c1-2-7-5-8(7)9-6-10(11)13(12-9)3-4-14/h6-8,14H,2-5,11H2,1H3/t7-,8-/m1/s1. The van der Waals surface area contributed by atoms with Crippen molar-refractivity contribution in [3.05, 3.63) is 11.8 Å². The molecule has 1 fully saturated rings. The van der Waals surface area contributed by atoms with Gasteiger partial charge in [0.15, 0.2) is 0 Å². The van der Waals surface area contributed by atoms with Crippen LogP contribution in [0.4, 0.5) is 5.82 Å². The lowest BCUT2D eigenvalue weighted by Gasteiger charge is -1.98. The summed E-state index contributed by atoms with van der Waals surface area (Å²) in [5.74, 6) is 2.07. The summed E-state index contributed by atoms with van der Waals surface area (Å²) in [6, 6.07) is 1.94. The average Bonchev–Trinajstić information content (AvgIpc) is 2.87. The van der Waals surface area contributed by atoms with E-state index in [1.807, 2.05) is 6.07 Å². The predicted molar refractivity (Wildman–Crippen MR) is 54.9 cm³/mol. The van der Waals surface area contributed by atoms with Gasteiger partial charge in [-0.1, -0.05) is 13.3 Å². The van der Waals surface area contributed by atoms with Crippen molar-refractivity contribution in [2.45, 2.75) is 32.2 Å². The fourth-order valence-corrected chi connectivity index (χ4v) is 1.97. The van der Waals surface area contributed by atoms with Crippen LogP contribution >= 0.6 is 0 Å². The summed E-state index contributed by atoms with van der Waals surface area (Å²) in [5, 5.41) is 13.2. The quantitative estimate of drug-likeness (QED) is 0.752. The molecule has 0 spiro atoms. The lowest BCUT2D eigenvalue weighted by molar-refractivity contribution is 0.270. The Hall–Kier alpha value is -1.03. The van der Waals surface area contributed by atoms with E-state index in [0.29, 0.717) is 18.3 Å². The number of nitrogens with zero attached hydrogens (tertiary/aromatic N) is 2. The molecule has 0 aliphatic heterocycles. The maximum absolute atomic E-state index is 8.79. The van der Waals surface area contributed by atoms with Gasteiger partial charge in [0.05, 0.1) is 18.8 Å². The normalized spacial score (nSPS) is 25.3. The van der Waals surface area contributed by atoms with E-state index in [4.69, 9.17) is 10.8 Å². The summed E-state index contributed by atoms with van der Waals surface area (Å²) >= 11 is 0. The summed E-state index contributed by atoms with van der Waals surface area (Å²) in [4.78, 5) is 0. The topological polar surface area (TPSA) is 64.1 Å². The van der Waals surface area contributed by atoms with Gasteiger partial charge in [0.25, 0.3) is 0 Å². The first-order chi connectivity index (χ1) is 6.76. The van der Waals surface area contributed by atoms with Crippen molar-refractivity contribution in [3.63, 3.8) is 0 Å². The Kier molecular flexibility index (Phi) is 2.46. The fourth-order valence-electron chi connectivity index (χ4n) is 1.97. The fraction of sp³-hybridized carbons (Fsp3) is 0.700. The molecule has 4 heteroatoms. The van der Waals surface area contributed by atoms with Crippen LogP contribution in [0.2, 0.25) is 0 Å². The molecule has 0 aromatic carbocycles. The molecule has 4 nitrogen and oxygen atoms in total. The SMILES string of the molecule is CC[C@@H]1C[C@H]1c1cc(N)n(CCO)n1. The van der Waals surface area contributed by atoms with E-state index in [2.05, 4.69) is 12.0 Å². The van der Waals surface area contributed by atoms with Crippen LogP contribution in [-0.4, -0.2) is 21.5 Å². The summed E-state index contributed by atoms with van der Waals surface area (Å²) in [5.41, 5.74) is 6.87. The van der Waals surface area contributed by atoms with Crippen LogP contribution in [0.1, 0.15) is 31.4 Å². The second-order valence-corrected chi connectivity index (χ2v) is 3.95. The van der Waals surface area contributed by atoms with Gasteiger partial charge in [0.2, 0.25) is 0 Å². The maximum Gasteiger partial charge on any atom is 0.122 e. The maximum atomic E-state index is 8.79. The van der Waals surface area contributed by atoms with Crippen LogP contribution in [-0.2, 0) is 6.54 Å². The van der Waals surface area contributed by atoms with Gasteiger partial charge in [0, 0.05) is 12.0 Å². The second-order valence-electron chi connectivity index (χ2n) is 3.95. The zero-order valence-electron chi connectivity index (χ0n) is 8.48. The molecular weight excluding hydrogens is 178 g/mol. The third-order valence-electron chi connectivity index (χ3n) is 2.97. The van der Waals surface area contributed by atoms with Crippen LogP contribution in [0.3, 0.4) is 0 Å². The molecule has 2 atom stereocenters. The first-order valence-electron chi connectivity index (χ1n) is 5.20. The number of aliphatic hydroxyl groups excluding tert-OH is 1. The molecular formula is C10H17N3O.